The molecule has 0 fully saturated rings. The predicted octanol–water partition coefficient (Wildman–Crippen LogP) is 3.01. The Morgan fingerprint density at radius 3 is 2.63 bits per heavy atom. The number of benzene rings is 2. The molecule has 19 heavy (non-hydrogen) atoms. The zero-order chi connectivity index (χ0) is 14.0. The van der Waals surface area contributed by atoms with Gasteiger partial charge in [-0.1, -0.05) is 6.07 Å². The number of primary amides is 1. The average molecular weight is 324 g/mol. The van der Waals surface area contributed by atoms with Crippen LogP contribution < -0.4 is 16.8 Å². The molecule has 2 aromatic carbocycles. The number of hydrogen-bond donors (Lipinski definition) is 3. The highest BCUT2D eigenvalue weighted by Gasteiger charge is 2.10. The van der Waals surface area contributed by atoms with Crippen molar-refractivity contribution >= 4 is 38.9 Å². The van der Waals surface area contributed by atoms with E-state index in [0.29, 0.717) is 15.8 Å². The molecule has 0 bridgehead atoms. The highest BCUT2D eigenvalue weighted by molar-refractivity contribution is 9.10. The van der Waals surface area contributed by atoms with Gasteiger partial charge in [0.2, 0.25) is 0 Å². The van der Waals surface area contributed by atoms with Crippen LogP contribution in [0.4, 0.5) is 21.5 Å². The quantitative estimate of drug-likeness (QED) is 0.759. The normalized spacial score (nSPS) is 10.2. The zero-order valence-corrected chi connectivity index (χ0v) is 11.4. The Morgan fingerprint density at radius 2 is 1.95 bits per heavy atom. The summed E-state index contributed by atoms with van der Waals surface area (Å²) in [4.78, 5) is 11.2. The Morgan fingerprint density at radius 1 is 1.21 bits per heavy atom. The van der Waals surface area contributed by atoms with Crippen molar-refractivity contribution in [3.8, 4) is 0 Å². The van der Waals surface area contributed by atoms with Crippen LogP contribution in [-0.2, 0) is 0 Å². The van der Waals surface area contributed by atoms with Crippen LogP contribution in [-0.4, -0.2) is 5.91 Å². The second-order valence-corrected chi connectivity index (χ2v) is 4.73. The summed E-state index contributed by atoms with van der Waals surface area (Å²) >= 11 is 3.30. The van der Waals surface area contributed by atoms with Gasteiger partial charge in [0.15, 0.2) is 0 Å². The number of carbonyl (C=O) groups is 1. The molecule has 0 saturated carbocycles. The summed E-state index contributed by atoms with van der Waals surface area (Å²) < 4.78 is 13.9. The molecule has 0 aliphatic carbocycles. The van der Waals surface area contributed by atoms with Crippen LogP contribution in [0, 0.1) is 5.82 Å². The number of nitrogen functional groups attached to an aromatic ring is 1. The number of nitrogens with two attached hydrogens (primary N) is 2. The molecular formula is C13H11BrFN3O. The van der Waals surface area contributed by atoms with E-state index in [9.17, 15) is 9.18 Å². The van der Waals surface area contributed by atoms with Gasteiger partial charge < -0.3 is 16.8 Å². The smallest absolute Gasteiger partial charge is 0.250 e. The van der Waals surface area contributed by atoms with Gasteiger partial charge in [-0.2, -0.15) is 0 Å². The number of para-hydroxylation sites is 1. The van der Waals surface area contributed by atoms with Crippen molar-refractivity contribution in [1.29, 1.82) is 0 Å². The monoisotopic (exact) mass is 323 g/mol. The third-order valence-electron chi connectivity index (χ3n) is 2.57. The highest BCUT2D eigenvalue weighted by Crippen LogP contribution is 2.30. The Kier molecular flexibility index (Phi) is 3.71. The van der Waals surface area contributed by atoms with Crippen LogP contribution in [0.15, 0.2) is 40.9 Å². The van der Waals surface area contributed by atoms with E-state index in [1.54, 1.807) is 18.2 Å². The number of anilines is 3. The van der Waals surface area contributed by atoms with E-state index in [2.05, 4.69) is 21.2 Å². The molecule has 0 saturated heterocycles. The number of hydrogen-bond acceptors (Lipinski definition) is 3. The van der Waals surface area contributed by atoms with Gasteiger partial charge in [0.25, 0.3) is 5.91 Å². The predicted molar refractivity (Wildman–Crippen MR) is 76.8 cm³/mol. The number of amides is 1. The Labute approximate surface area is 117 Å². The Hall–Kier alpha value is -2.08. The number of carbonyl (C=O) groups excluding carboxylic acids is 1. The third kappa shape index (κ3) is 2.85. The molecule has 0 aliphatic heterocycles. The summed E-state index contributed by atoms with van der Waals surface area (Å²) in [6.45, 7) is 0. The largest absolute Gasteiger partial charge is 0.396 e. The summed E-state index contributed by atoms with van der Waals surface area (Å²) in [5.74, 6) is -0.991. The van der Waals surface area contributed by atoms with Crippen LogP contribution in [0.1, 0.15) is 10.4 Å². The molecule has 0 spiro atoms. The first-order valence-electron chi connectivity index (χ1n) is 5.39. The fourth-order valence-electron chi connectivity index (χ4n) is 1.63. The summed E-state index contributed by atoms with van der Waals surface area (Å²) in [6.07, 6.45) is 0. The van der Waals surface area contributed by atoms with Crippen LogP contribution >= 0.6 is 15.9 Å². The highest BCUT2D eigenvalue weighted by atomic mass is 79.9. The first-order valence-corrected chi connectivity index (χ1v) is 6.18. The Balaban J connectivity index is 2.41. The number of nitrogens with one attached hydrogen (secondary N) is 1. The maximum atomic E-state index is 13.2. The molecular weight excluding hydrogens is 313 g/mol. The van der Waals surface area contributed by atoms with Crippen molar-refractivity contribution < 1.29 is 9.18 Å². The molecule has 2 aromatic rings. The fraction of sp³-hybridized carbons (Fsp3) is 0. The maximum Gasteiger partial charge on any atom is 0.250 e. The summed E-state index contributed by atoms with van der Waals surface area (Å²) in [5, 5.41) is 2.96. The molecule has 0 radical (unpaired) electrons. The van der Waals surface area contributed by atoms with E-state index in [1.165, 1.54) is 18.2 Å². The van der Waals surface area contributed by atoms with Crippen LogP contribution in [0.25, 0.3) is 0 Å². The maximum absolute atomic E-state index is 13.2. The zero-order valence-electron chi connectivity index (χ0n) is 9.78. The number of halogens is 2. The molecule has 0 unspecified atom stereocenters. The lowest BCUT2D eigenvalue weighted by Crippen LogP contribution is -2.14. The van der Waals surface area contributed by atoms with Crippen molar-refractivity contribution in [2.75, 3.05) is 11.1 Å². The topological polar surface area (TPSA) is 81.1 Å². The van der Waals surface area contributed by atoms with E-state index >= 15 is 0 Å². The van der Waals surface area contributed by atoms with Crippen LogP contribution in [0.5, 0.6) is 0 Å². The van der Waals surface area contributed by atoms with Gasteiger partial charge in [0.05, 0.1) is 22.6 Å². The van der Waals surface area contributed by atoms with Crippen molar-refractivity contribution in [1.82, 2.24) is 0 Å². The van der Waals surface area contributed by atoms with Crippen molar-refractivity contribution in [3.63, 3.8) is 0 Å². The first kappa shape index (κ1) is 13.4. The molecule has 6 heteroatoms. The first-order chi connectivity index (χ1) is 8.99. The standard InChI is InChI=1S/C13H11BrFN3O/c14-9-5-4-7(15)6-11(9)18-10-3-1-2-8(12(10)16)13(17)19/h1-6,18H,16H2,(H2,17,19). The van der Waals surface area contributed by atoms with E-state index < -0.39 is 5.91 Å². The fourth-order valence-corrected chi connectivity index (χ4v) is 1.97. The van der Waals surface area contributed by atoms with Gasteiger partial charge in [-0.05, 0) is 46.3 Å². The van der Waals surface area contributed by atoms with E-state index in [0.717, 1.165) is 0 Å². The Bertz CT molecular complexity index is 646. The average Bonchev–Trinajstić information content (AvgIpc) is 2.36. The van der Waals surface area contributed by atoms with Crippen LogP contribution in [0.3, 0.4) is 0 Å². The lowest BCUT2D eigenvalue weighted by Gasteiger charge is -2.12. The van der Waals surface area contributed by atoms with Gasteiger partial charge in [-0.15, -0.1) is 0 Å². The third-order valence-corrected chi connectivity index (χ3v) is 3.26. The van der Waals surface area contributed by atoms with Gasteiger partial charge in [0.1, 0.15) is 5.82 Å². The van der Waals surface area contributed by atoms with Crippen molar-refractivity contribution in [2.24, 2.45) is 5.73 Å². The SMILES string of the molecule is NC(=O)c1cccc(Nc2cc(F)ccc2Br)c1N. The molecule has 0 aromatic heterocycles. The molecule has 0 heterocycles. The minimum atomic E-state index is -0.612. The lowest BCUT2D eigenvalue weighted by atomic mass is 10.1. The molecule has 2 rings (SSSR count). The molecule has 4 nitrogen and oxygen atoms in total. The van der Waals surface area contributed by atoms with Crippen molar-refractivity contribution in [2.45, 2.75) is 0 Å². The van der Waals surface area contributed by atoms with E-state index in [-0.39, 0.29) is 17.1 Å². The van der Waals surface area contributed by atoms with Gasteiger partial charge in [-0.3, -0.25) is 4.79 Å². The lowest BCUT2D eigenvalue weighted by molar-refractivity contribution is 0.100. The van der Waals surface area contributed by atoms with E-state index in [4.69, 9.17) is 11.5 Å². The van der Waals surface area contributed by atoms with E-state index in [1.807, 2.05) is 0 Å². The summed E-state index contributed by atoms with van der Waals surface area (Å²) in [5.41, 5.74) is 12.5. The molecule has 1 amide bonds. The van der Waals surface area contributed by atoms with Gasteiger partial charge >= 0.3 is 0 Å². The van der Waals surface area contributed by atoms with Crippen molar-refractivity contribution in [3.05, 3.63) is 52.3 Å². The second kappa shape index (κ2) is 5.27. The van der Waals surface area contributed by atoms with Gasteiger partial charge in [-0.25, -0.2) is 4.39 Å². The molecule has 0 atom stereocenters. The van der Waals surface area contributed by atoms with Crippen LogP contribution in [0.2, 0.25) is 0 Å². The molecule has 98 valence electrons. The van der Waals surface area contributed by atoms with Gasteiger partial charge in [0, 0.05) is 4.47 Å². The molecule has 5 N–H and O–H groups in total. The minimum absolute atomic E-state index is 0.220. The molecule has 0 aliphatic rings. The second-order valence-electron chi connectivity index (χ2n) is 3.88. The number of rotatable bonds is 3. The summed E-state index contributed by atoms with van der Waals surface area (Å²) in [7, 11) is 0. The minimum Gasteiger partial charge on any atom is -0.396 e. The summed E-state index contributed by atoms with van der Waals surface area (Å²) in [6, 6.07) is 9.08.